The zero-order valence-electron chi connectivity index (χ0n) is 9.95. The quantitative estimate of drug-likeness (QED) is 0.851. The molecule has 0 spiro atoms. The molecule has 1 aromatic heterocycles. The second-order valence-electron chi connectivity index (χ2n) is 4.32. The Morgan fingerprint density at radius 3 is 3.29 bits per heavy atom. The second-order valence-corrected chi connectivity index (χ2v) is 5.30. The van der Waals surface area contributed by atoms with Gasteiger partial charge in [-0.15, -0.1) is 11.3 Å². The molecule has 0 aromatic carbocycles. The summed E-state index contributed by atoms with van der Waals surface area (Å²) in [4.78, 5) is 16.1. The van der Waals surface area contributed by atoms with Crippen LogP contribution in [0.5, 0.6) is 0 Å². The maximum atomic E-state index is 11.9. The molecule has 0 saturated carbocycles. The number of nitrogens with one attached hydrogen (secondary N) is 2. The minimum Gasteiger partial charge on any atom is -0.354 e. The van der Waals surface area contributed by atoms with E-state index in [-0.39, 0.29) is 11.9 Å². The van der Waals surface area contributed by atoms with Crippen molar-refractivity contribution in [2.45, 2.75) is 38.1 Å². The number of thiazole rings is 1. The van der Waals surface area contributed by atoms with Gasteiger partial charge in [0, 0.05) is 24.5 Å². The van der Waals surface area contributed by atoms with E-state index in [0.29, 0.717) is 6.54 Å². The van der Waals surface area contributed by atoms with Crippen LogP contribution >= 0.6 is 11.3 Å². The Morgan fingerprint density at radius 2 is 2.47 bits per heavy atom. The van der Waals surface area contributed by atoms with Gasteiger partial charge in [-0.05, 0) is 19.4 Å². The summed E-state index contributed by atoms with van der Waals surface area (Å²) < 4.78 is 0. The van der Waals surface area contributed by atoms with Crippen molar-refractivity contribution in [2.24, 2.45) is 0 Å². The Labute approximate surface area is 106 Å². The number of amides is 1. The Morgan fingerprint density at radius 1 is 1.53 bits per heavy atom. The van der Waals surface area contributed by atoms with Crippen molar-refractivity contribution in [3.05, 3.63) is 16.6 Å². The molecule has 1 unspecified atom stereocenters. The molecular formula is C12H19N3OS. The third-order valence-electron chi connectivity index (χ3n) is 3.00. The molecule has 1 saturated heterocycles. The van der Waals surface area contributed by atoms with Crippen LogP contribution in [0.4, 0.5) is 0 Å². The summed E-state index contributed by atoms with van der Waals surface area (Å²) >= 11 is 1.64. The van der Waals surface area contributed by atoms with Gasteiger partial charge in [0.15, 0.2) is 0 Å². The van der Waals surface area contributed by atoms with Gasteiger partial charge >= 0.3 is 0 Å². The maximum absolute atomic E-state index is 11.9. The van der Waals surface area contributed by atoms with E-state index in [9.17, 15) is 4.79 Å². The van der Waals surface area contributed by atoms with Crippen molar-refractivity contribution < 1.29 is 4.79 Å². The highest BCUT2D eigenvalue weighted by Gasteiger charge is 2.18. The van der Waals surface area contributed by atoms with E-state index in [1.165, 1.54) is 12.8 Å². The lowest BCUT2D eigenvalue weighted by Crippen LogP contribution is -2.44. The molecule has 5 heteroatoms. The average molecular weight is 253 g/mol. The van der Waals surface area contributed by atoms with Crippen LogP contribution in [0, 0.1) is 0 Å². The highest BCUT2D eigenvalue weighted by molar-refractivity contribution is 7.09. The first-order chi connectivity index (χ1) is 8.36. The molecule has 1 aromatic rings. The van der Waals surface area contributed by atoms with E-state index in [1.807, 2.05) is 5.38 Å². The minimum atomic E-state index is 0.00814. The summed E-state index contributed by atoms with van der Waals surface area (Å²) in [6.45, 7) is 1.65. The van der Waals surface area contributed by atoms with E-state index >= 15 is 0 Å². The van der Waals surface area contributed by atoms with Gasteiger partial charge in [-0.25, -0.2) is 4.98 Å². The van der Waals surface area contributed by atoms with E-state index in [0.717, 1.165) is 30.8 Å². The number of rotatable bonds is 4. The lowest BCUT2D eigenvalue weighted by molar-refractivity contribution is -0.123. The first-order valence-corrected chi connectivity index (χ1v) is 7.14. The standard InChI is InChI=1S/C12H19N3OS/c16-12(10-4-2-1-3-6-13-10)15-7-5-11-14-8-9-17-11/h8-10,13H,1-7H2,(H,15,16). The predicted octanol–water partition coefficient (Wildman–Crippen LogP) is 1.33. The van der Waals surface area contributed by atoms with Crippen LogP contribution in [0.25, 0.3) is 0 Å². The molecule has 4 nitrogen and oxygen atoms in total. The Kier molecular flexibility index (Phi) is 4.94. The largest absolute Gasteiger partial charge is 0.354 e. The molecule has 2 heterocycles. The van der Waals surface area contributed by atoms with E-state index in [2.05, 4.69) is 15.6 Å². The lowest BCUT2D eigenvalue weighted by Gasteiger charge is -2.15. The molecule has 0 radical (unpaired) electrons. The Balaban J connectivity index is 1.69. The van der Waals surface area contributed by atoms with Crippen LogP contribution in [0.1, 0.15) is 30.7 Å². The highest BCUT2D eigenvalue weighted by atomic mass is 32.1. The van der Waals surface area contributed by atoms with Crippen LogP contribution in [0.2, 0.25) is 0 Å². The number of hydrogen-bond acceptors (Lipinski definition) is 4. The number of nitrogens with zero attached hydrogens (tertiary/aromatic N) is 1. The van der Waals surface area contributed by atoms with Crippen LogP contribution < -0.4 is 10.6 Å². The second kappa shape index (κ2) is 6.71. The smallest absolute Gasteiger partial charge is 0.237 e. The summed E-state index contributed by atoms with van der Waals surface area (Å²) in [5.41, 5.74) is 0. The van der Waals surface area contributed by atoms with E-state index in [1.54, 1.807) is 17.5 Å². The van der Waals surface area contributed by atoms with Gasteiger partial charge in [-0.3, -0.25) is 4.79 Å². The maximum Gasteiger partial charge on any atom is 0.237 e. The van der Waals surface area contributed by atoms with Crippen molar-refractivity contribution in [3.63, 3.8) is 0 Å². The Hall–Kier alpha value is -0.940. The molecule has 0 aliphatic carbocycles. The first-order valence-electron chi connectivity index (χ1n) is 6.26. The number of carbonyl (C=O) groups is 1. The topological polar surface area (TPSA) is 54.0 Å². The van der Waals surface area contributed by atoms with Crippen LogP contribution in [0.3, 0.4) is 0 Å². The van der Waals surface area contributed by atoms with Gasteiger partial charge in [0.25, 0.3) is 0 Å². The van der Waals surface area contributed by atoms with Crippen molar-refractivity contribution in [2.75, 3.05) is 13.1 Å². The van der Waals surface area contributed by atoms with E-state index in [4.69, 9.17) is 0 Å². The fourth-order valence-corrected chi connectivity index (χ4v) is 2.67. The number of aromatic nitrogens is 1. The monoisotopic (exact) mass is 253 g/mol. The third-order valence-corrected chi connectivity index (χ3v) is 3.84. The highest BCUT2D eigenvalue weighted by Crippen LogP contribution is 2.08. The third kappa shape index (κ3) is 4.09. The zero-order valence-corrected chi connectivity index (χ0v) is 10.8. The van der Waals surface area contributed by atoms with Gasteiger partial charge in [0.1, 0.15) is 0 Å². The van der Waals surface area contributed by atoms with Crippen LogP contribution in [-0.2, 0) is 11.2 Å². The molecule has 1 amide bonds. The predicted molar refractivity (Wildman–Crippen MR) is 69.1 cm³/mol. The molecule has 17 heavy (non-hydrogen) atoms. The minimum absolute atomic E-state index is 0.00814. The molecule has 1 aliphatic heterocycles. The summed E-state index contributed by atoms with van der Waals surface area (Å²) in [6.07, 6.45) is 7.16. The molecule has 1 fully saturated rings. The van der Waals surface area contributed by atoms with Gasteiger partial charge in [0.05, 0.1) is 11.0 Å². The molecule has 0 bridgehead atoms. The van der Waals surface area contributed by atoms with Crippen molar-refractivity contribution in [3.8, 4) is 0 Å². The summed E-state index contributed by atoms with van der Waals surface area (Å²) in [6, 6.07) is 0.00814. The van der Waals surface area contributed by atoms with Gasteiger partial charge < -0.3 is 10.6 Å². The molecular weight excluding hydrogens is 234 g/mol. The average Bonchev–Trinajstić information content (AvgIpc) is 2.69. The van der Waals surface area contributed by atoms with Crippen molar-refractivity contribution >= 4 is 17.2 Å². The fourth-order valence-electron chi connectivity index (χ4n) is 2.04. The van der Waals surface area contributed by atoms with Gasteiger partial charge in [0.2, 0.25) is 5.91 Å². The summed E-state index contributed by atoms with van der Waals surface area (Å²) in [7, 11) is 0. The molecule has 1 atom stereocenters. The summed E-state index contributed by atoms with van der Waals surface area (Å²) in [5.74, 6) is 0.142. The number of carbonyl (C=O) groups excluding carboxylic acids is 1. The number of hydrogen-bond donors (Lipinski definition) is 2. The first kappa shape index (κ1) is 12.5. The van der Waals surface area contributed by atoms with Crippen molar-refractivity contribution in [1.82, 2.24) is 15.6 Å². The molecule has 1 aliphatic rings. The normalized spacial score (nSPS) is 20.8. The molecule has 94 valence electrons. The Bertz CT molecular complexity index is 332. The lowest BCUT2D eigenvalue weighted by atomic mass is 10.1. The zero-order chi connectivity index (χ0) is 11.9. The van der Waals surface area contributed by atoms with Crippen molar-refractivity contribution in [1.29, 1.82) is 0 Å². The van der Waals surface area contributed by atoms with Gasteiger partial charge in [-0.2, -0.15) is 0 Å². The molecule has 2 N–H and O–H groups in total. The molecule has 2 rings (SSSR count). The summed E-state index contributed by atoms with van der Waals surface area (Å²) in [5, 5.41) is 9.33. The SMILES string of the molecule is O=C(NCCc1nccs1)C1CCCCCN1. The van der Waals surface area contributed by atoms with Crippen LogP contribution in [-0.4, -0.2) is 30.0 Å². The van der Waals surface area contributed by atoms with Crippen LogP contribution in [0.15, 0.2) is 11.6 Å². The van der Waals surface area contributed by atoms with E-state index < -0.39 is 0 Å². The van der Waals surface area contributed by atoms with Gasteiger partial charge in [-0.1, -0.05) is 12.8 Å². The fraction of sp³-hybridized carbons (Fsp3) is 0.667.